The van der Waals surface area contributed by atoms with Gasteiger partial charge in [0.15, 0.2) is 0 Å². The highest BCUT2D eigenvalue weighted by Gasteiger charge is 2.39. The lowest BCUT2D eigenvalue weighted by atomic mass is 9.77. The number of nitrogens with one attached hydrogen (secondary N) is 1. The molecular formula is C11H17N3OS. The molecule has 0 atom stereocenters. The van der Waals surface area contributed by atoms with Gasteiger partial charge in [0.2, 0.25) is 5.91 Å². The number of carbonyl (C=O) groups excluding carboxylic acids is 1. The Labute approximate surface area is 99.3 Å². The largest absolute Gasteiger partial charge is 0.354 e. The molecule has 0 aliphatic heterocycles. The van der Waals surface area contributed by atoms with Crippen LogP contribution in [0.15, 0.2) is 5.38 Å². The zero-order chi connectivity index (χ0) is 11.6. The highest BCUT2D eigenvalue weighted by atomic mass is 32.1. The molecule has 4 nitrogen and oxygen atoms in total. The summed E-state index contributed by atoms with van der Waals surface area (Å²) in [4.78, 5) is 16.0. The third-order valence-corrected chi connectivity index (χ3v) is 3.85. The fraction of sp³-hybridized carbons (Fsp3) is 0.636. The molecule has 0 unspecified atom stereocenters. The average molecular weight is 239 g/mol. The van der Waals surface area contributed by atoms with Crippen molar-refractivity contribution in [3.05, 3.63) is 16.1 Å². The predicted molar refractivity (Wildman–Crippen MR) is 64.3 cm³/mol. The first kappa shape index (κ1) is 11.5. The van der Waals surface area contributed by atoms with E-state index >= 15 is 0 Å². The Bertz CT molecular complexity index is 384. The van der Waals surface area contributed by atoms with Gasteiger partial charge in [-0.3, -0.25) is 4.79 Å². The van der Waals surface area contributed by atoms with Gasteiger partial charge < -0.3 is 11.1 Å². The van der Waals surface area contributed by atoms with Crippen molar-refractivity contribution < 1.29 is 4.79 Å². The van der Waals surface area contributed by atoms with E-state index in [1.807, 2.05) is 12.3 Å². The summed E-state index contributed by atoms with van der Waals surface area (Å²) in [5.74, 6) is -0.00861. The van der Waals surface area contributed by atoms with Crippen LogP contribution in [0.1, 0.15) is 30.0 Å². The third kappa shape index (κ3) is 2.41. The molecule has 1 aromatic rings. The number of aromatic nitrogens is 1. The van der Waals surface area contributed by atoms with Crippen molar-refractivity contribution in [3.63, 3.8) is 0 Å². The fourth-order valence-electron chi connectivity index (χ4n) is 1.79. The van der Waals surface area contributed by atoms with Gasteiger partial charge in [-0.1, -0.05) is 0 Å². The van der Waals surface area contributed by atoms with E-state index < -0.39 is 5.54 Å². The standard InChI is InChI=1S/C11H17N3OS/c1-8-14-9(7-16-8)3-6-13-10(15)11(12)4-2-5-11/h7H,2-6,12H2,1H3,(H,13,15). The zero-order valence-corrected chi connectivity index (χ0v) is 10.3. The van der Waals surface area contributed by atoms with Crippen LogP contribution in [0.25, 0.3) is 0 Å². The number of carbonyl (C=O) groups is 1. The van der Waals surface area contributed by atoms with E-state index in [2.05, 4.69) is 10.3 Å². The van der Waals surface area contributed by atoms with E-state index in [0.717, 1.165) is 36.4 Å². The molecule has 0 radical (unpaired) electrons. The molecule has 16 heavy (non-hydrogen) atoms. The number of thiazole rings is 1. The number of nitrogens with zero attached hydrogens (tertiary/aromatic N) is 1. The van der Waals surface area contributed by atoms with E-state index in [9.17, 15) is 4.79 Å². The number of amides is 1. The van der Waals surface area contributed by atoms with Gasteiger partial charge in [0.25, 0.3) is 0 Å². The van der Waals surface area contributed by atoms with Gasteiger partial charge >= 0.3 is 0 Å². The summed E-state index contributed by atoms with van der Waals surface area (Å²) in [5, 5.41) is 5.98. The zero-order valence-electron chi connectivity index (χ0n) is 9.45. The first-order valence-corrected chi connectivity index (χ1v) is 6.46. The molecular weight excluding hydrogens is 222 g/mol. The van der Waals surface area contributed by atoms with E-state index in [-0.39, 0.29) is 5.91 Å². The van der Waals surface area contributed by atoms with Crippen molar-refractivity contribution >= 4 is 17.2 Å². The lowest BCUT2D eigenvalue weighted by Crippen LogP contribution is -2.58. The molecule has 3 N–H and O–H groups in total. The first-order valence-electron chi connectivity index (χ1n) is 5.58. The van der Waals surface area contributed by atoms with Gasteiger partial charge in [-0.2, -0.15) is 0 Å². The minimum Gasteiger partial charge on any atom is -0.354 e. The number of hydrogen-bond donors (Lipinski definition) is 2. The molecule has 2 rings (SSSR count). The van der Waals surface area contributed by atoms with Gasteiger partial charge in [-0.15, -0.1) is 11.3 Å². The minimum atomic E-state index is -0.585. The van der Waals surface area contributed by atoms with Gasteiger partial charge in [-0.25, -0.2) is 4.98 Å². The van der Waals surface area contributed by atoms with E-state index in [0.29, 0.717) is 6.54 Å². The van der Waals surface area contributed by atoms with E-state index in [1.54, 1.807) is 11.3 Å². The van der Waals surface area contributed by atoms with Crippen LogP contribution < -0.4 is 11.1 Å². The van der Waals surface area contributed by atoms with Gasteiger partial charge in [0, 0.05) is 18.3 Å². The van der Waals surface area contributed by atoms with Crippen LogP contribution in [0.2, 0.25) is 0 Å². The summed E-state index contributed by atoms with van der Waals surface area (Å²) < 4.78 is 0. The van der Waals surface area contributed by atoms with Gasteiger partial charge in [0.05, 0.1) is 16.2 Å². The van der Waals surface area contributed by atoms with E-state index in [1.165, 1.54) is 0 Å². The van der Waals surface area contributed by atoms with Crippen molar-refractivity contribution in [1.82, 2.24) is 10.3 Å². The average Bonchev–Trinajstić information content (AvgIpc) is 2.60. The molecule has 1 heterocycles. The summed E-state index contributed by atoms with van der Waals surface area (Å²) in [7, 11) is 0. The van der Waals surface area contributed by atoms with Crippen molar-refractivity contribution in [1.29, 1.82) is 0 Å². The van der Waals surface area contributed by atoms with Crippen LogP contribution in [0, 0.1) is 6.92 Å². The normalized spacial score (nSPS) is 17.9. The predicted octanol–water partition coefficient (Wildman–Crippen LogP) is 0.992. The monoisotopic (exact) mass is 239 g/mol. The molecule has 1 aliphatic rings. The van der Waals surface area contributed by atoms with Crippen LogP contribution in [-0.4, -0.2) is 23.0 Å². The second-order valence-electron chi connectivity index (χ2n) is 4.37. The first-order chi connectivity index (χ1) is 7.60. The third-order valence-electron chi connectivity index (χ3n) is 3.03. The SMILES string of the molecule is Cc1nc(CCNC(=O)C2(N)CCC2)cs1. The number of hydrogen-bond acceptors (Lipinski definition) is 4. The van der Waals surface area contributed by atoms with Crippen LogP contribution in [-0.2, 0) is 11.2 Å². The maximum atomic E-state index is 11.7. The van der Waals surface area contributed by atoms with E-state index in [4.69, 9.17) is 5.73 Å². The molecule has 1 aromatic heterocycles. The Morgan fingerprint density at radius 3 is 2.94 bits per heavy atom. The molecule has 88 valence electrons. The lowest BCUT2D eigenvalue weighted by molar-refractivity contribution is -0.129. The van der Waals surface area contributed by atoms with Crippen LogP contribution in [0.4, 0.5) is 0 Å². The fourth-order valence-corrected chi connectivity index (χ4v) is 2.44. The maximum absolute atomic E-state index is 11.7. The van der Waals surface area contributed by atoms with Crippen molar-refractivity contribution in [2.75, 3.05) is 6.54 Å². The molecule has 0 saturated heterocycles. The summed E-state index contributed by atoms with van der Waals surface area (Å²) >= 11 is 1.64. The number of nitrogens with two attached hydrogens (primary N) is 1. The van der Waals surface area contributed by atoms with Crippen molar-refractivity contribution in [2.24, 2.45) is 5.73 Å². The Morgan fingerprint density at radius 2 is 2.44 bits per heavy atom. The Balaban J connectivity index is 1.74. The molecule has 1 aliphatic carbocycles. The topological polar surface area (TPSA) is 68.0 Å². The van der Waals surface area contributed by atoms with Gasteiger partial charge in [-0.05, 0) is 26.2 Å². The molecule has 1 amide bonds. The summed E-state index contributed by atoms with van der Waals surface area (Å²) in [6.07, 6.45) is 3.48. The number of rotatable bonds is 4. The highest BCUT2D eigenvalue weighted by molar-refractivity contribution is 7.09. The summed E-state index contributed by atoms with van der Waals surface area (Å²) in [5.41, 5.74) is 6.36. The Hall–Kier alpha value is -0.940. The summed E-state index contributed by atoms with van der Waals surface area (Å²) in [6, 6.07) is 0. The van der Waals surface area contributed by atoms with Crippen LogP contribution >= 0.6 is 11.3 Å². The molecule has 0 spiro atoms. The van der Waals surface area contributed by atoms with Crippen LogP contribution in [0.5, 0.6) is 0 Å². The molecule has 0 bridgehead atoms. The Morgan fingerprint density at radius 1 is 1.69 bits per heavy atom. The smallest absolute Gasteiger partial charge is 0.240 e. The van der Waals surface area contributed by atoms with Crippen molar-refractivity contribution in [3.8, 4) is 0 Å². The summed E-state index contributed by atoms with van der Waals surface area (Å²) in [6.45, 7) is 2.61. The van der Waals surface area contributed by atoms with Crippen molar-refractivity contribution in [2.45, 2.75) is 38.1 Å². The molecule has 0 aromatic carbocycles. The Kier molecular flexibility index (Phi) is 3.25. The minimum absolute atomic E-state index is 0.00861. The number of aryl methyl sites for hydroxylation is 1. The van der Waals surface area contributed by atoms with Crippen LogP contribution in [0.3, 0.4) is 0 Å². The second kappa shape index (κ2) is 4.51. The lowest BCUT2D eigenvalue weighted by Gasteiger charge is -2.36. The molecule has 1 fully saturated rings. The van der Waals surface area contributed by atoms with Gasteiger partial charge in [0.1, 0.15) is 0 Å². The quantitative estimate of drug-likeness (QED) is 0.823. The highest BCUT2D eigenvalue weighted by Crippen LogP contribution is 2.28. The maximum Gasteiger partial charge on any atom is 0.240 e. The second-order valence-corrected chi connectivity index (χ2v) is 5.44. The molecule has 1 saturated carbocycles. The molecule has 5 heteroatoms.